The Bertz CT molecular complexity index is 357. The molecular weight excluding hydrogens is 230 g/mol. The van der Waals surface area contributed by atoms with E-state index in [9.17, 15) is 4.79 Å². The number of nitrogens with one attached hydrogen (secondary N) is 1. The van der Waals surface area contributed by atoms with Crippen LogP contribution in [0.2, 0.25) is 0 Å². The van der Waals surface area contributed by atoms with Crippen molar-refractivity contribution in [3.05, 3.63) is 30.1 Å². The molecule has 1 aromatic heterocycles. The van der Waals surface area contributed by atoms with E-state index in [4.69, 9.17) is 10.5 Å². The first-order chi connectivity index (χ1) is 8.67. The summed E-state index contributed by atoms with van der Waals surface area (Å²) in [7, 11) is 0. The van der Waals surface area contributed by atoms with Gasteiger partial charge >= 0.3 is 0 Å². The highest BCUT2D eigenvalue weighted by Gasteiger charge is 2.14. The van der Waals surface area contributed by atoms with Crippen molar-refractivity contribution < 1.29 is 9.53 Å². The van der Waals surface area contributed by atoms with E-state index in [1.807, 2.05) is 26.0 Å². The molecular formula is C13H21N3O2. The molecule has 0 saturated carbocycles. The number of aromatic nitrogens is 1. The monoisotopic (exact) mass is 251 g/mol. The largest absolute Gasteiger partial charge is 0.377 e. The highest BCUT2D eigenvalue weighted by atomic mass is 16.5. The molecule has 0 aromatic carbocycles. The molecule has 18 heavy (non-hydrogen) atoms. The lowest BCUT2D eigenvalue weighted by Gasteiger charge is -2.18. The zero-order valence-electron chi connectivity index (χ0n) is 10.9. The highest BCUT2D eigenvalue weighted by Crippen LogP contribution is 2.10. The minimum Gasteiger partial charge on any atom is -0.377 e. The molecule has 1 rings (SSSR count). The van der Waals surface area contributed by atoms with Gasteiger partial charge in [-0.1, -0.05) is 0 Å². The van der Waals surface area contributed by atoms with Crippen molar-refractivity contribution in [3.63, 3.8) is 0 Å². The number of ether oxygens (including phenoxy) is 1. The molecule has 0 aliphatic carbocycles. The number of nitrogens with two attached hydrogens (primary N) is 1. The van der Waals surface area contributed by atoms with E-state index in [2.05, 4.69) is 10.3 Å². The predicted octanol–water partition coefficient (Wildman–Crippen LogP) is 1.01. The second-order valence-electron chi connectivity index (χ2n) is 4.09. The summed E-state index contributed by atoms with van der Waals surface area (Å²) in [5, 5.41) is 2.92. The quantitative estimate of drug-likeness (QED) is 0.758. The Balaban J connectivity index is 2.44. The standard InChI is InChI=1S/C13H21N3O2/c1-3-18-12(9-14)8-13(17)16-10(2)11-4-6-15-7-5-11/h4-7,10,12H,3,8-9,14H2,1-2H3,(H,16,17)/t10-,12?/m1/s1. The van der Waals surface area contributed by atoms with Crippen LogP contribution in [0, 0.1) is 0 Å². The van der Waals surface area contributed by atoms with Crippen molar-refractivity contribution in [2.24, 2.45) is 5.73 Å². The first kappa shape index (κ1) is 14.6. The number of rotatable bonds is 7. The zero-order valence-corrected chi connectivity index (χ0v) is 10.9. The van der Waals surface area contributed by atoms with Crippen LogP contribution >= 0.6 is 0 Å². The average Bonchev–Trinajstić information content (AvgIpc) is 2.39. The third-order valence-electron chi connectivity index (χ3n) is 2.66. The van der Waals surface area contributed by atoms with Crippen LogP contribution in [0.1, 0.15) is 31.9 Å². The lowest BCUT2D eigenvalue weighted by Crippen LogP contribution is -2.34. The summed E-state index contributed by atoms with van der Waals surface area (Å²) in [4.78, 5) is 15.8. The first-order valence-electron chi connectivity index (χ1n) is 6.18. The highest BCUT2D eigenvalue weighted by molar-refractivity contribution is 5.76. The number of hydrogen-bond acceptors (Lipinski definition) is 4. The number of amides is 1. The molecule has 1 aromatic rings. The molecule has 0 fully saturated rings. The summed E-state index contributed by atoms with van der Waals surface area (Å²) in [6.07, 6.45) is 3.50. The summed E-state index contributed by atoms with van der Waals surface area (Å²) < 4.78 is 5.35. The van der Waals surface area contributed by atoms with Crippen LogP contribution in [0.5, 0.6) is 0 Å². The average molecular weight is 251 g/mol. The summed E-state index contributed by atoms with van der Waals surface area (Å²) in [6, 6.07) is 3.72. The van der Waals surface area contributed by atoms with Crippen molar-refractivity contribution in [1.82, 2.24) is 10.3 Å². The number of carbonyl (C=O) groups is 1. The van der Waals surface area contributed by atoms with Crippen LogP contribution in [0.15, 0.2) is 24.5 Å². The Labute approximate surface area is 108 Å². The maximum absolute atomic E-state index is 11.8. The van der Waals surface area contributed by atoms with Gasteiger partial charge in [0.25, 0.3) is 0 Å². The van der Waals surface area contributed by atoms with Crippen LogP contribution in [-0.2, 0) is 9.53 Å². The Morgan fingerprint density at radius 1 is 1.50 bits per heavy atom. The summed E-state index contributed by atoms with van der Waals surface area (Å²) in [6.45, 7) is 4.74. The van der Waals surface area contributed by atoms with Gasteiger partial charge in [0.15, 0.2) is 0 Å². The zero-order chi connectivity index (χ0) is 13.4. The second-order valence-corrected chi connectivity index (χ2v) is 4.09. The molecule has 0 aliphatic heterocycles. The SMILES string of the molecule is CCOC(CN)CC(=O)N[C@H](C)c1ccncc1. The van der Waals surface area contributed by atoms with Crippen LogP contribution in [0.3, 0.4) is 0 Å². The Kier molecular flexibility index (Phi) is 6.32. The van der Waals surface area contributed by atoms with E-state index in [1.165, 1.54) is 0 Å². The van der Waals surface area contributed by atoms with Crippen LogP contribution in [-0.4, -0.2) is 30.1 Å². The van der Waals surface area contributed by atoms with Gasteiger partial charge < -0.3 is 15.8 Å². The van der Waals surface area contributed by atoms with Crippen LogP contribution in [0.4, 0.5) is 0 Å². The lowest BCUT2D eigenvalue weighted by atomic mass is 10.1. The molecule has 5 nitrogen and oxygen atoms in total. The van der Waals surface area contributed by atoms with E-state index in [0.717, 1.165) is 5.56 Å². The maximum atomic E-state index is 11.8. The molecule has 1 amide bonds. The Morgan fingerprint density at radius 3 is 2.72 bits per heavy atom. The number of hydrogen-bond donors (Lipinski definition) is 2. The predicted molar refractivity (Wildman–Crippen MR) is 69.9 cm³/mol. The van der Waals surface area contributed by atoms with Gasteiger partial charge in [-0.2, -0.15) is 0 Å². The first-order valence-corrected chi connectivity index (χ1v) is 6.18. The molecule has 0 aliphatic rings. The summed E-state index contributed by atoms with van der Waals surface area (Å²) >= 11 is 0. The van der Waals surface area contributed by atoms with Crippen molar-refractivity contribution >= 4 is 5.91 Å². The van der Waals surface area contributed by atoms with Gasteiger partial charge in [0.1, 0.15) is 0 Å². The molecule has 1 heterocycles. The smallest absolute Gasteiger partial charge is 0.223 e. The molecule has 3 N–H and O–H groups in total. The summed E-state index contributed by atoms with van der Waals surface area (Å²) in [5.41, 5.74) is 6.56. The minimum absolute atomic E-state index is 0.0412. The van der Waals surface area contributed by atoms with Gasteiger partial charge in [-0.3, -0.25) is 9.78 Å². The number of carbonyl (C=O) groups excluding carboxylic acids is 1. The lowest BCUT2D eigenvalue weighted by molar-refractivity contribution is -0.124. The fraction of sp³-hybridized carbons (Fsp3) is 0.538. The molecule has 0 radical (unpaired) electrons. The maximum Gasteiger partial charge on any atom is 0.223 e. The van der Waals surface area contributed by atoms with E-state index < -0.39 is 0 Å². The van der Waals surface area contributed by atoms with Gasteiger partial charge in [-0.25, -0.2) is 0 Å². The Morgan fingerprint density at radius 2 is 2.17 bits per heavy atom. The topological polar surface area (TPSA) is 77.2 Å². The van der Waals surface area contributed by atoms with E-state index in [1.54, 1.807) is 12.4 Å². The van der Waals surface area contributed by atoms with Gasteiger partial charge in [0, 0.05) is 25.5 Å². The normalized spacial score (nSPS) is 13.9. The van der Waals surface area contributed by atoms with Crippen molar-refractivity contribution in [1.29, 1.82) is 0 Å². The fourth-order valence-electron chi connectivity index (χ4n) is 1.69. The molecule has 2 atom stereocenters. The number of pyridine rings is 1. The fourth-order valence-corrected chi connectivity index (χ4v) is 1.69. The Hall–Kier alpha value is -1.46. The van der Waals surface area contributed by atoms with Crippen LogP contribution in [0.25, 0.3) is 0 Å². The van der Waals surface area contributed by atoms with Crippen molar-refractivity contribution in [3.8, 4) is 0 Å². The molecule has 0 spiro atoms. The molecule has 100 valence electrons. The third kappa shape index (κ3) is 4.81. The van der Waals surface area contributed by atoms with E-state index in [-0.39, 0.29) is 18.1 Å². The summed E-state index contributed by atoms with van der Waals surface area (Å²) in [5.74, 6) is -0.0526. The van der Waals surface area contributed by atoms with Gasteiger partial charge in [-0.15, -0.1) is 0 Å². The van der Waals surface area contributed by atoms with Gasteiger partial charge in [0.05, 0.1) is 18.6 Å². The van der Waals surface area contributed by atoms with Gasteiger partial charge in [0.2, 0.25) is 5.91 Å². The second kappa shape index (κ2) is 7.79. The van der Waals surface area contributed by atoms with E-state index >= 15 is 0 Å². The molecule has 0 bridgehead atoms. The van der Waals surface area contributed by atoms with Gasteiger partial charge in [-0.05, 0) is 31.5 Å². The minimum atomic E-state index is -0.209. The third-order valence-corrected chi connectivity index (χ3v) is 2.66. The molecule has 5 heteroatoms. The van der Waals surface area contributed by atoms with Crippen LogP contribution < -0.4 is 11.1 Å². The van der Waals surface area contributed by atoms with E-state index in [0.29, 0.717) is 19.6 Å². The van der Waals surface area contributed by atoms with Crippen molar-refractivity contribution in [2.45, 2.75) is 32.4 Å². The molecule has 1 unspecified atom stereocenters. The van der Waals surface area contributed by atoms with Crippen molar-refractivity contribution in [2.75, 3.05) is 13.2 Å². The number of nitrogens with zero attached hydrogens (tertiary/aromatic N) is 1. The molecule has 0 saturated heterocycles.